The van der Waals surface area contributed by atoms with Crippen molar-refractivity contribution < 1.29 is 0 Å². The molecule has 0 aromatic carbocycles. The third kappa shape index (κ3) is 2.55. The highest BCUT2D eigenvalue weighted by molar-refractivity contribution is 7.09. The number of aromatic nitrogens is 3. The Morgan fingerprint density at radius 3 is 2.75 bits per heavy atom. The summed E-state index contributed by atoms with van der Waals surface area (Å²) < 4.78 is 4.29. The van der Waals surface area contributed by atoms with Crippen LogP contribution in [0.2, 0.25) is 0 Å². The van der Waals surface area contributed by atoms with Gasteiger partial charge < -0.3 is 5.32 Å². The molecule has 1 N–H and O–H groups in total. The number of rotatable bonds is 3. The molecule has 2 heterocycles. The molecular weight excluding hydrogens is 220 g/mol. The van der Waals surface area contributed by atoms with E-state index in [1.807, 2.05) is 25.1 Å². The van der Waals surface area contributed by atoms with Gasteiger partial charge in [0, 0.05) is 23.3 Å². The van der Waals surface area contributed by atoms with Crippen molar-refractivity contribution >= 4 is 16.7 Å². The maximum Gasteiger partial charge on any atom is 0.203 e. The van der Waals surface area contributed by atoms with Crippen molar-refractivity contribution in [1.82, 2.24) is 14.3 Å². The van der Waals surface area contributed by atoms with Crippen LogP contribution in [0, 0.1) is 6.92 Å². The van der Waals surface area contributed by atoms with Gasteiger partial charge in [-0.2, -0.15) is 9.36 Å². The van der Waals surface area contributed by atoms with E-state index in [-0.39, 0.29) is 0 Å². The predicted octanol–water partition coefficient (Wildman–Crippen LogP) is 2.73. The monoisotopic (exact) mass is 234 g/mol. The zero-order valence-electron chi connectivity index (χ0n) is 9.56. The third-order valence-corrected chi connectivity index (χ3v) is 2.60. The number of aryl methyl sites for hydroxylation is 1. The zero-order chi connectivity index (χ0) is 11.5. The number of nitrogens with zero attached hydrogens (tertiary/aromatic N) is 3. The molecule has 84 valence electrons. The fourth-order valence-electron chi connectivity index (χ4n) is 1.30. The molecule has 0 spiro atoms. The Balaban J connectivity index is 2.24. The van der Waals surface area contributed by atoms with Crippen molar-refractivity contribution in [3.63, 3.8) is 0 Å². The minimum Gasteiger partial charge on any atom is -0.358 e. The van der Waals surface area contributed by atoms with Crippen molar-refractivity contribution in [2.24, 2.45) is 0 Å². The molecule has 0 aliphatic carbocycles. The molecule has 16 heavy (non-hydrogen) atoms. The summed E-state index contributed by atoms with van der Waals surface area (Å²) in [6.07, 6.45) is 0. The molecule has 5 heteroatoms. The van der Waals surface area contributed by atoms with Crippen LogP contribution in [0.15, 0.2) is 18.2 Å². The van der Waals surface area contributed by atoms with Gasteiger partial charge in [-0.05, 0) is 32.9 Å². The number of nitrogens with one attached hydrogen (secondary N) is 1. The van der Waals surface area contributed by atoms with Crippen LogP contribution < -0.4 is 5.32 Å². The average molecular weight is 234 g/mol. The summed E-state index contributed by atoms with van der Waals surface area (Å²) in [6.45, 7) is 6.11. The molecule has 2 aromatic rings. The van der Waals surface area contributed by atoms with Gasteiger partial charge in [0.2, 0.25) is 5.13 Å². The summed E-state index contributed by atoms with van der Waals surface area (Å²) in [6, 6.07) is 6.22. The molecule has 0 amide bonds. The maximum atomic E-state index is 4.40. The summed E-state index contributed by atoms with van der Waals surface area (Å²) in [7, 11) is 0. The van der Waals surface area contributed by atoms with E-state index in [4.69, 9.17) is 0 Å². The first kappa shape index (κ1) is 11.0. The second kappa shape index (κ2) is 4.57. The molecule has 0 saturated carbocycles. The first-order valence-electron chi connectivity index (χ1n) is 5.19. The van der Waals surface area contributed by atoms with Gasteiger partial charge >= 0.3 is 0 Å². The van der Waals surface area contributed by atoms with Crippen molar-refractivity contribution in [1.29, 1.82) is 0 Å². The van der Waals surface area contributed by atoms with Crippen LogP contribution in [-0.2, 0) is 0 Å². The van der Waals surface area contributed by atoms with E-state index in [1.165, 1.54) is 11.5 Å². The number of anilines is 1. The van der Waals surface area contributed by atoms with Crippen LogP contribution in [-0.4, -0.2) is 20.4 Å². The molecule has 4 nitrogen and oxygen atoms in total. The van der Waals surface area contributed by atoms with E-state index >= 15 is 0 Å². The Morgan fingerprint density at radius 1 is 1.25 bits per heavy atom. The normalized spacial score (nSPS) is 10.8. The van der Waals surface area contributed by atoms with Gasteiger partial charge in [0.25, 0.3) is 0 Å². The quantitative estimate of drug-likeness (QED) is 0.887. The van der Waals surface area contributed by atoms with Gasteiger partial charge in [-0.15, -0.1) is 0 Å². The second-order valence-corrected chi connectivity index (χ2v) is 4.64. The van der Waals surface area contributed by atoms with E-state index in [0.29, 0.717) is 11.9 Å². The van der Waals surface area contributed by atoms with Crippen molar-refractivity contribution in [3.8, 4) is 11.5 Å². The van der Waals surface area contributed by atoms with E-state index in [0.717, 1.165) is 16.5 Å². The maximum absolute atomic E-state index is 4.40. The van der Waals surface area contributed by atoms with E-state index in [1.54, 1.807) is 0 Å². The lowest BCUT2D eigenvalue weighted by Crippen LogP contribution is -2.09. The van der Waals surface area contributed by atoms with E-state index in [9.17, 15) is 0 Å². The van der Waals surface area contributed by atoms with Crippen LogP contribution in [0.3, 0.4) is 0 Å². The summed E-state index contributed by atoms with van der Waals surface area (Å²) in [5.74, 6) is 0.692. The molecule has 2 aromatic heterocycles. The van der Waals surface area contributed by atoms with E-state index < -0.39 is 0 Å². The highest BCUT2D eigenvalue weighted by Gasteiger charge is 2.08. The molecule has 0 fully saturated rings. The highest BCUT2D eigenvalue weighted by Crippen LogP contribution is 2.19. The second-order valence-electron chi connectivity index (χ2n) is 3.89. The lowest BCUT2D eigenvalue weighted by molar-refractivity contribution is 0.896. The molecule has 0 aliphatic heterocycles. The number of hydrogen-bond donors (Lipinski definition) is 1. The number of hydrogen-bond acceptors (Lipinski definition) is 5. The standard InChI is InChI=1S/C11H14N4S/c1-7(2)12-11-14-10(15-16-11)9-6-4-5-8(3)13-9/h4-7H,1-3H3,(H,12,14,15). The lowest BCUT2D eigenvalue weighted by Gasteiger charge is -2.03. The van der Waals surface area contributed by atoms with Gasteiger partial charge in [0.15, 0.2) is 5.82 Å². The summed E-state index contributed by atoms with van der Waals surface area (Å²) >= 11 is 1.37. The Morgan fingerprint density at radius 2 is 2.06 bits per heavy atom. The third-order valence-electron chi connectivity index (χ3n) is 1.96. The Bertz CT molecular complexity index is 478. The lowest BCUT2D eigenvalue weighted by atomic mass is 10.3. The molecule has 0 radical (unpaired) electrons. The number of pyridine rings is 1. The topological polar surface area (TPSA) is 50.7 Å². The van der Waals surface area contributed by atoms with E-state index in [2.05, 4.69) is 33.5 Å². The van der Waals surface area contributed by atoms with Crippen LogP contribution in [0.5, 0.6) is 0 Å². The smallest absolute Gasteiger partial charge is 0.203 e. The molecule has 0 aliphatic rings. The minimum atomic E-state index is 0.367. The van der Waals surface area contributed by atoms with Gasteiger partial charge in [-0.1, -0.05) is 6.07 Å². The SMILES string of the molecule is Cc1cccc(-c2nsc(NC(C)C)n2)n1. The average Bonchev–Trinajstić information content (AvgIpc) is 2.65. The van der Waals surface area contributed by atoms with Crippen molar-refractivity contribution in [2.45, 2.75) is 26.8 Å². The van der Waals surface area contributed by atoms with Crippen LogP contribution in [0.4, 0.5) is 5.13 Å². The van der Waals surface area contributed by atoms with Crippen LogP contribution in [0.25, 0.3) is 11.5 Å². The van der Waals surface area contributed by atoms with Gasteiger partial charge in [0.1, 0.15) is 5.69 Å². The molecule has 2 rings (SSSR count). The van der Waals surface area contributed by atoms with Crippen molar-refractivity contribution in [3.05, 3.63) is 23.9 Å². The summed E-state index contributed by atoms with van der Waals surface area (Å²) in [5.41, 5.74) is 1.80. The molecular formula is C11H14N4S. The molecule has 0 unspecified atom stereocenters. The highest BCUT2D eigenvalue weighted by atomic mass is 32.1. The molecule has 0 atom stereocenters. The summed E-state index contributed by atoms with van der Waals surface area (Å²) in [4.78, 5) is 8.79. The fraction of sp³-hybridized carbons (Fsp3) is 0.364. The van der Waals surface area contributed by atoms with Gasteiger partial charge in [-0.3, -0.25) is 0 Å². The minimum absolute atomic E-state index is 0.367. The predicted molar refractivity (Wildman–Crippen MR) is 66.6 cm³/mol. The van der Waals surface area contributed by atoms with Crippen LogP contribution in [0.1, 0.15) is 19.5 Å². The Hall–Kier alpha value is -1.49. The Kier molecular flexibility index (Phi) is 3.14. The van der Waals surface area contributed by atoms with Crippen LogP contribution >= 0.6 is 11.5 Å². The first-order valence-corrected chi connectivity index (χ1v) is 5.97. The fourth-order valence-corrected chi connectivity index (χ4v) is 2.02. The van der Waals surface area contributed by atoms with Crippen molar-refractivity contribution in [2.75, 3.05) is 5.32 Å². The molecule has 0 saturated heterocycles. The summed E-state index contributed by atoms with van der Waals surface area (Å²) in [5, 5.41) is 4.07. The molecule has 0 bridgehead atoms. The van der Waals surface area contributed by atoms with Gasteiger partial charge in [-0.25, -0.2) is 4.98 Å². The Labute approximate surface area is 98.9 Å². The zero-order valence-corrected chi connectivity index (χ0v) is 10.4. The largest absolute Gasteiger partial charge is 0.358 e. The van der Waals surface area contributed by atoms with Gasteiger partial charge in [0.05, 0.1) is 0 Å². The first-order chi connectivity index (χ1) is 7.65.